The van der Waals surface area contributed by atoms with E-state index in [2.05, 4.69) is 36.8 Å². The second-order valence-corrected chi connectivity index (χ2v) is 8.46. The minimum absolute atomic E-state index is 0.0313. The van der Waals surface area contributed by atoms with E-state index in [1.54, 1.807) is 37.4 Å². The van der Waals surface area contributed by atoms with Gasteiger partial charge in [-0.05, 0) is 62.7 Å². The number of nitrogen functional groups attached to an aromatic ring is 1. The number of carbonyl (C=O) groups is 1. The van der Waals surface area contributed by atoms with E-state index in [4.69, 9.17) is 10.5 Å². The summed E-state index contributed by atoms with van der Waals surface area (Å²) in [6.07, 6.45) is 5.69. The van der Waals surface area contributed by atoms with Gasteiger partial charge in [0.1, 0.15) is 12.1 Å². The first-order valence-corrected chi connectivity index (χ1v) is 11.0. The van der Waals surface area contributed by atoms with Crippen molar-refractivity contribution in [3.8, 4) is 34.1 Å². The fourth-order valence-corrected chi connectivity index (χ4v) is 3.54. The number of nitrogens with one attached hydrogen (secondary N) is 1. The zero-order valence-corrected chi connectivity index (χ0v) is 20.0. The van der Waals surface area contributed by atoms with Gasteiger partial charge in [0.15, 0.2) is 11.6 Å². The molecule has 4 aromatic rings. The standard InChI is InChI=1S/C26H24FN7O2/c1-5-21(35)34-26(3,4)20-9-7-17(13-30-20)23-22(24(28)32-14-31-23)16-6-8-19(18(27)12-16)36-25-29-11-10-15(2)33-25/h5-14H,1H2,2-4H3,(H,34,35)(H2,28,31,32). The number of ether oxygens (including phenoxy) is 1. The number of rotatable bonds is 7. The van der Waals surface area contributed by atoms with Crippen molar-refractivity contribution in [3.05, 3.63) is 85.0 Å². The Labute approximate surface area is 207 Å². The topological polar surface area (TPSA) is 129 Å². The molecule has 182 valence electrons. The number of hydrogen-bond acceptors (Lipinski definition) is 8. The highest BCUT2D eigenvalue weighted by Gasteiger charge is 2.24. The number of anilines is 1. The lowest BCUT2D eigenvalue weighted by molar-refractivity contribution is -0.118. The Morgan fingerprint density at radius 1 is 1.11 bits per heavy atom. The van der Waals surface area contributed by atoms with Gasteiger partial charge in [-0.1, -0.05) is 12.6 Å². The van der Waals surface area contributed by atoms with E-state index < -0.39 is 11.4 Å². The fraction of sp³-hybridized carbons (Fsp3) is 0.154. The molecule has 0 aliphatic heterocycles. The number of nitrogens with two attached hydrogens (primary N) is 1. The molecular weight excluding hydrogens is 461 g/mol. The van der Waals surface area contributed by atoms with Gasteiger partial charge in [-0.15, -0.1) is 0 Å². The highest BCUT2D eigenvalue weighted by molar-refractivity contribution is 5.88. The first kappa shape index (κ1) is 24.4. The molecule has 9 nitrogen and oxygen atoms in total. The average Bonchev–Trinajstić information content (AvgIpc) is 2.85. The van der Waals surface area contributed by atoms with Crippen molar-refractivity contribution in [1.82, 2.24) is 30.2 Å². The molecule has 0 bridgehead atoms. The van der Waals surface area contributed by atoms with Crippen molar-refractivity contribution in [1.29, 1.82) is 0 Å². The SMILES string of the molecule is C=CC(=O)NC(C)(C)c1ccc(-c2ncnc(N)c2-c2ccc(Oc3nccc(C)n3)c(F)c2)cn1. The largest absolute Gasteiger partial charge is 0.421 e. The van der Waals surface area contributed by atoms with Crippen LogP contribution in [0.1, 0.15) is 25.2 Å². The summed E-state index contributed by atoms with van der Waals surface area (Å²) in [6.45, 7) is 8.92. The number of aryl methyl sites for hydroxylation is 1. The number of aromatic nitrogens is 5. The summed E-state index contributed by atoms with van der Waals surface area (Å²) in [4.78, 5) is 32.9. The number of halogens is 1. The molecule has 1 aromatic carbocycles. The zero-order valence-electron chi connectivity index (χ0n) is 20.0. The molecule has 3 aromatic heterocycles. The van der Waals surface area contributed by atoms with E-state index in [9.17, 15) is 9.18 Å². The van der Waals surface area contributed by atoms with Gasteiger partial charge < -0.3 is 15.8 Å². The molecule has 3 N–H and O–H groups in total. The number of hydrogen-bond donors (Lipinski definition) is 2. The third-order valence-corrected chi connectivity index (χ3v) is 5.37. The molecule has 0 saturated heterocycles. The Bertz CT molecular complexity index is 1440. The maximum Gasteiger partial charge on any atom is 0.322 e. The van der Waals surface area contributed by atoms with Gasteiger partial charge in [0.2, 0.25) is 5.91 Å². The number of benzene rings is 1. The predicted molar refractivity (Wildman–Crippen MR) is 133 cm³/mol. The summed E-state index contributed by atoms with van der Waals surface area (Å²) in [5.41, 5.74) is 8.82. The van der Waals surface area contributed by atoms with Crippen molar-refractivity contribution in [3.63, 3.8) is 0 Å². The van der Waals surface area contributed by atoms with Crippen LogP contribution in [0.25, 0.3) is 22.4 Å². The molecule has 1 amide bonds. The van der Waals surface area contributed by atoms with Gasteiger partial charge in [0.25, 0.3) is 0 Å². The van der Waals surface area contributed by atoms with Crippen LogP contribution in [-0.2, 0) is 10.3 Å². The van der Waals surface area contributed by atoms with Gasteiger partial charge in [-0.25, -0.2) is 24.3 Å². The van der Waals surface area contributed by atoms with E-state index in [0.717, 1.165) is 0 Å². The summed E-state index contributed by atoms with van der Waals surface area (Å²) in [7, 11) is 0. The number of pyridine rings is 1. The maximum atomic E-state index is 15.0. The third-order valence-electron chi connectivity index (χ3n) is 5.37. The molecule has 3 heterocycles. The molecule has 0 aliphatic rings. The lowest BCUT2D eigenvalue weighted by Crippen LogP contribution is -2.40. The quantitative estimate of drug-likeness (QED) is 0.370. The lowest BCUT2D eigenvalue weighted by atomic mass is 9.97. The Morgan fingerprint density at radius 2 is 1.89 bits per heavy atom. The van der Waals surface area contributed by atoms with Crippen LogP contribution in [0, 0.1) is 12.7 Å². The van der Waals surface area contributed by atoms with Crippen molar-refractivity contribution >= 4 is 11.7 Å². The zero-order chi connectivity index (χ0) is 25.9. The van der Waals surface area contributed by atoms with E-state index in [1.807, 2.05) is 13.8 Å². The normalized spacial score (nSPS) is 11.1. The van der Waals surface area contributed by atoms with Crippen molar-refractivity contribution < 1.29 is 13.9 Å². The van der Waals surface area contributed by atoms with Crippen LogP contribution >= 0.6 is 0 Å². The Hall–Kier alpha value is -4.73. The van der Waals surface area contributed by atoms with Crippen LogP contribution in [0.5, 0.6) is 11.8 Å². The van der Waals surface area contributed by atoms with E-state index in [-0.39, 0.29) is 23.5 Å². The highest BCUT2D eigenvalue weighted by Crippen LogP contribution is 2.36. The van der Waals surface area contributed by atoms with Crippen LogP contribution in [0.3, 0.4) is 0 Å². The molecule has 0 atom stereocenters. The first-order valence-electron chi connectivity index (χ1n) is 11.0. The average molecular weight is 486 g/mol. The summed E-state index contributed by atoms with van der Waals surface area (Å²) in [5.74, 6) is -0.783. The summed E-state index contributed by atoms with van der Waals surface area (Å²) in [6, 6.07) is 9.76. The van der Waals surface area contributed by atoms with Crippen LogP contribution in [0.2, 0.25) is 0 Å². The van der Waals surface area contributed by atoms with Crippen molar-refractivity contribution in [2.75, 3.05) is 5.73 Å². The number of nitrogens with zero attached hydrogens (tertiary/aromatic N) is 5. The molecule has 0 fully saturated rings. The van der Waals surface area contributed by atoms with Crippen LogP contribution in [-0.4, -0.2) is 30.8 Å². The molecule has 0 saturated carbocycles. The molecule has 10 heteroatoms. The van der Waals surface area contributed by atoms with Gasteiger partial charge in [0, 0.05) is 23.7 Å². The fourth-order valence-electron chi connectivity index (χ4n) is 3.54. The molecular formula is C26H24FN7O2. The Kier molecular flexibility index (Phi) is 6.69. The van der Waals surface area contributed by atoms with E-state index >= 15 is 0 Å². The second kappa shape index (κ2) is 9.87. The summed E-state index contributed by atoms with van der Waals surface area (Å²) >= 11 is 0. The Morgan fingerprint density at radius 3 is 2.56 bits per heavy atom. The van der Waals surface area contributed by atoms with Gasteiger partial charge in [-0.3, -0.25) is 9.78 Å². The van der Waals surface area contributed by atoms with Crippen LogP contribution < -0.4 is 15.8 Å². The van der Waals surface area contributed by atoms with Gasteiger partial charge in [0.05, 0.1) is 22.5 Å². The van der Waals surface area contributed by atoms with E-state index in [0.29, 0.717) is 33.8 Å². The van der Waals surface area contributed by atoms with Crippen molar-refractivity contribution in [2.45, 2.75) is 26.3 Å². The molecule has 0 spiro atoms. The smallest absolute Gasteiger partial charge is 0.322 e. The predicted octanol–water partition coefficient (Wildman–Crippen LogP) is 4.35. The minimum atomic E-state index is -0.725. The number of carbonyl (C=O) groups excluding carboxylic acids is 1. The summed E-state index contributed by atoms with van der Waals surface area (Å²) in [5, 5.41) is 2.83. The monoisotopic (exact) mass is 485 g/mol. The Balaban J connectivity index is 1.67. The number of amides is 1. The second-order valence-electron chi connectivity index (χ2n) is 8.46. The van der Waals surface area contributed by atoms with Crippen LogP contribution in [0.15, 0.2) is 67.8 Å². The minimum Gasteiger partial charge on any atom is -0.421 e. The highest BCUT2D eigenvalue weighted by atomic mass is 19.1. The van der Waals surface area contributed by atoms with Crippen LogP contribution in [0.4, 0.5) is 10.2 Å². The maximum absolute atomic E-state index is 15.0. The lowest BCUT2D eigenvalue weighted by Gasteiger charge is -2.25. The van der Waals surface area contributed by atoms with Gasteiger partial charge in [-0.2, -0.15) is 0 Å². The summed E-state index contributed by atoms with van der Waals surface area (Å²) < 4.78 is 20.5. The van der Waals surface area contributed by atoms with Crippen molar-refractivity contribution in [2.24, 2.45) is 0 Å². The third kappa shape index (κ3) is 5.17. The van der Waals surface area contributed by atoms with Gasteiger partial charge >= 0.3 is 6.01 Å². The van der Waals surface area contributed by atoms with E-state index in [1.165, 1.54) is 30.7 Å². The molecule has 0 aliphatic carbocycles. The molecule has 36 heavy (non-hydrogen) atoms. The molecule has 4 rings (SSSR count). The molecule has 0 unspecified atom stereocenters. The molecule has 0 radical (unpaired) electrons. The first-order chi connectivity index (χ1) is 17.2.